The molecular formula is C15H22O3. The van der Waals surface area contributed by atoms with Crippen LogP contribution in [-0.2, 0) is 14.9 Å². The second-order valence-corrected chi connectivity index (χ2v) is 5.63. The number of methoxy groups -OCH3 is 1. The Morgan fingerprint density at radius 3 is 2.11 bits per heavy atom. The lowest BCUT2D eigenvalue weighted by atomic mass is 9.85. The van der Waals surface area contributed by atoms with Gasteiger partial charge >= 0.3 is 5.97 Å². The number of rotatable bonds is 3. The van der Waals surface area contributed by atoms with E-state index >= 15 is 0 Å². The second kappa shape index (κ2) is 5.53. The van der Waals surface area contributed by atoms with E-state index in [4.69, 9.17) is 0 Å². The van der Waals surface area contributed by atoms with Crippen molar-refractivity contribution < 1.29 is 14.6 Å². The van der Waals surface area contributed by atoms with Gasteiger partial charge in [-0.1, -0.05) is 45.0 Å². The smallest absolute Gasteiger partial charge is 0.311 e. The number of hydrogen-bond donors (Lipinski definition) is 1. The van der Waals surface area contributed by atoms with Crippen LogP contribution in [0.25, 0.3) is 0 Å². The van der Waals surface area contributed by atoms with Crippen LogP contribution in [0.2, 0.25) is 0 Å². The maximum Gasteiger partial charge on any atom is 0.311 e. The highest BCUT2D eigenvalue weighted by molar-refractivity contribution is 5.72. The normalized spacial score (nSPS) is 15.0. The Bertz CT molecular complexity index is 401. The van der Waals surface area contributed by atoms with Crippen molar-refractivity contribution in [3.63, 3.8) is 0 Å². The molecule has 0 heterocycles. The number of aliphatic hydroxyl groups excluding tert-OH is 1. The maximum atomic E-state index is 11.4. The predicted molar refractivity (Wildman–Crippen MR) is 71.3 cm³/mol. The molecule has 0 saturated carbocycles. The van der Waals surface area contributed by atoms with Crippen LogP contribution in [0.4, 0.5) is 0 Å². The summed E-state index contributed by atoms with van der Waals surface area (Å²) in [4.78, 5) is 11.4. The Labute approximate surface area is 109 Å². The Kier molecular flexibility index (Phi) is 4.52. The molecule has 1 rings (SSSR count). The van der Waals surface area contributed by atoms with Gasteiger partial charge in [-0.25, -0.2) is 0 Å². The van der Waals surface area contributed by atoms with Gasteiger partial charge in [-0.15, -0.1) is 0 Å². The zero-order valence-corrected chi connectivity index (χ0v) is 11.7. The summed E-state index contributed by atoms with van der Waals surface area (Å²) in [6.07, 6.45) is -0.827. The fourth-order valence-corrected chi connectivity index (χ4v) is 1.78. The van der Waals surface area contributed by atoms with E-state index in [1.807, 2.05) is 24.3 Å². The first-order valence-corrected chi connectivity index (χ1v) is 6.13. The van der Waals surface area contributed by atoms with Gasteiger partial charge in [-0.05, 0) is 23.5 Å². The molecule has 100 valence electrons. The Balaban J connectivity index is 2.89. The minimum atomic E-state index is -0.827. The van der Waals surface area contributed by atoms with Crippen molar-refractivity contribution in [2.24, 2.45) is 5.92 Å². The van der Waals surface area contributed by atoms with Crippen LogP contribution in [0.15, 0.2) is 24.3 Å². The Morgan fingerprint density at radius 2 is 1.72 bits per heavy atom. The molecule has 2 atom stereocenters. The van der Waals surface area contributed by atoms with Crippen LogP contribution in [0.5, 0.6) is 0 Å². The second-order valence-electron chi connectivity index (χ2n) is 5.63. The molecule has 1 aromatic carbocycles. The van der Waals surface area contributed by atoms with Crippen LogP contribution in [0.1, 0.15) is 44.9 Å². The highest BCUT2D eigenvalue weighted by Crippen LogP contribution is 2.27. The molecule has 0 saturated heterocycles. The van der Waals surface area contributed by atoms with E-state index in [0.717, 1.165) is 5.56 Å². The van der Waals surface area contributed by atoms with Gasteiger partial charge in [0.2, 0.25) is 0 Å². The topological polar surface area (TPSA) is 46.5 Å². The Morgan fingerprint density at radius 1 is 1.22 bits per heavy atom. The molecule has 0 aromatic heterocycles. The van der Waals surface area contributed by atoms with Gasteiger partial charge in [-0.3, -0.25) is 4.79 Å². The van der Waals surface area contributed by atoms with E-state index in [1.54, 1.807) is 6.92 Å². The van der Waals surface area contributed by atoms with Gasteiger partial charge in [0.1, 0.15) is 0 Å². The summed E-state index contributed by atoms with van der Waals surface area (Å²) < 4.78 is 4.63. The lowest BCUT2D eigenvalue weighted by Crippen LogP contribution is -2.20. The highest BCUT2D eigenvalue weighted by atomic mass is 16.5. The van der Waals surface area contributed by atoms with E-state index in [-0.39, 0.29) is 5.41 Å². The summed E-state index contributed by atoms with van der Waals surface area (Å²) in [6, 6.07) is 7.71. The molecule has 18 heavy (non-hydrogen) atoms. The number of hydrogen-bond acceptors (Lipinski definition) is 3. The number of benzene rings is 1. The van der Waals surface area contributed by atoms with Gasteiger partial charge in [0.05, 0.1) is 19.1 Å². The van der Waals surface area contributed by atoms with Gasteiger partial charge in [-0.2, -0.15) is 0 Å². The van der Waals surface area contributed by atoms with Crippen LogP contribution in [0.3, 0.4) is 0 Å². The summed E-state index contributed by atoms with van der Waals surface area (Å²) in [5.74, 6) is -0.960. The lowest BCUT2D eigenvalue weighted by Gasteiger charge is -2.21. The van der Waals surface area contributed by atoms with E-state index in [9.17, 15) is 9.90 Å². The lowest BCUT2D eigenvalue weighted by molar-refractivity contribution is -0.148. The molecule has 1 aromatic rings. The first kappa shape index (κ1) is 14.7. The van der Waals surface area contributed by atoms with Crippen LogP contribution < -0.4 is 0 Å². The highest BCUT2D eigenvalue weighted by Gasteiger charge is 2.24. The molecule has 2 unspecified atom stereocenters. The maximum absolute atomic E-state index is 11.4. The van der Waals surface area contributed by atoms with E-state index < -0.39 is 18.0 Å². The Hall–Kier alpha value is -1.35. The number of ether oxygens (including phenoxy) is 1. The predicted octanol–water partition coefficient (Wildman–Crippen LogP) is 2.83. The monoisotopic (exact) mass is 250 g/mol. The van der Waals surface area contributed by atoms with Gasteiger partial charge in [0, 0.05) is 0 Å². The third-order valence-electron chi connectivity index (χ3n) is 3.16. The fraction of sp³-hybridized carbons (Fsp3) is 0.533. The molecule has 3 heteroatoms. The number of carbonyl (C=O) groups excluding carboxylic acids is 1. The molecule has 1 N–H and O–H groups in total. The molecule has 0 spiro atoms. The van der Waals surface area contributed by atoms with Crippen LogP contribution in [-0.4, -0.2) is 18.2 Å². The molecule has 3 nitrogen and oxygen atoms in total. The van der Waals surface area contributed by atoms with Gasteiger partial charge < -0.3 is 9.84 Å². The minimum Gasteiger partial charge on any atom is -0.469 e. The minimum absolute atomic E-state index is 0.0808. The summed E-state index contributed by atoms with van der Waals surface area (Å²) in [5, 5.41) is 10.1. The molecule has 0 amide bonds. The van der Waals surface area contributed by atoms with Crippen molar-refractivity contribution in [1.29, 1.82) is 0 Å². The summed E-state index contributed by atoms with van der Waals surface area (Å²) in [7, 11) is 1.33. The van der Waals surface area contributed by atoms with Crippen molar-refractivity contribution in [1.82, 2.24) is 0 Å². The molecule has 0 aliphatic rings. The summed E-state index contributed by atoms with van der Waals surface area (Å²) in [6.45, 7) is 8.06. The van der Waals surface area contributed by atoms with E-state index in [2.05, 4.69) is 25.5 Å². The molecule has 0 radical (unpaired) electrons. The summed E-state index contributed by atoms with van der Waals surface area (Å²) in [5.41, 5.74) is 2.02. The van der Waals surface area contributed by atoms with Crippen molar-refractivity contribution >= 4 is 5.97 Å². The average molecular weight is 250 g/mol. The van der Waals surface area contributed by atoms with Crippen molar-refractivity contribution in [2.75, 3.05) is 7.11 Å². The first-order valence-electron chi connectivity index (χ1n) is 6.13. The zero-order valence-electron chi connectivity index (χ0n) is 11.7. The summed E-state index contributed by atoms with van der Waals surface area (Å²) >= 11 is 0. The van der Waals surface area contributed by atoms with Crippen molar-refractivity contribution in [3.8, 4) is 0 Å². The van der Waals surface area contributed by atoms with Crippen molar-refractivity contribution in [2.45, 2.75) is 39.2 Å². The van der Waals surface area contributed by atoms with Crippen LogP contribution in [0, 0.1) is 5.92 Å². The molecule has 0 aliphatic heterocycles. The molecular weight excluding hydrogens is 228 g/mol. The van der Waals surface area contributed by atoms with Crippen LogP contribution >= 0.6 is 0 Å². The van der Waals surface area contributed by atoms with E-state index in [0.29, 0.717) is 0 Å². The molecule has 0 bridgehead atoms. The number of carbonyl (C=O) groups is 1. The zero-order chi connectivity index (χ0) is 13.9. The fourth-order valence-electron chi connectivity index (χ4n) is 1.78. The third-order valence-corrected chi connectivity index (χ3v) is 3.16. The van der Waals surface area contributed by atoms with E-state index in [1.165, 1.54) is 12.7 Å². The third kappa shape index (κ3) is 3.33. The van der Waals surface area contributed by atoms with Gasteiger partial charge in [0.25, 0.3) is 0 Å². The molecule has 0 fully saturated rings. The SMILES string of the molecule is COC(=O)C(C)C(O)c1ccc(C(C)(C)C)cc1. The number of aliphatic hydroxyl groups is 1. The largest absolute Gasteiger partial charge is 0.469 e. The quantitative estimate of drug-likeness (QED) is 0.839. The van der Waals surface area contributed by atoms with Gasteiger partial charge in [0.15, 0.2) is 0 Å². The standard InChI is InChI=1S/C15H22O3/c1-10(14(17)18-5)13(16)11-6-8-12(9-7-11)15(2,3)4/h6-10,13,16H,1-5H3. The first-order chi connectivity index (χ1) is 8.27. The molecule has 0 aliphatic carbocycles. The van der Waals surface area contributed by atoms with Crippen molar-refractivity contribution in [3.05, 3.63) is 35.4 Å². The average Bonchev–Trinajstić information content (AvgIpc) is 2.35. The number of esters is 1.